The molecule has 0 saturated carbocycles. The molecule has 38 heavy (non-hydrogen) atoms. The molecule has 2 aliphatic heterocycles. The third-order valence-electron chi connectivity index (χ3n) is 5.91. The number of thioether (sulfide) groups is 2. The van der Waals surface area contributed by atoms with Gasteiger partial charge in [0.15, 0.2) is 10.8 Å². The van der Waals surface area contributed by atoms with E-state index in [2.05, 4.69) is 24.8 Å². The van der Waals surface area contributed by atoms with Crippen molar-refractivity contribution < 1.29 is 28.9 Å². The molecule has 9 N–H and O–H groups in total. The Labute approximate surface area is 228 Å². The van der Waals surface area contributed by atoms with Gasteiger partial charge in [-0.15, -0.1) is 11.8 Å². The fourth-order valence-electron chi connectivity index (χ4n) is 3.74. The maximum Gasteiger partial charge on any atom is 0.300 e. The number of β-lactam (4-membered cyclic amide) rings is 1. The van der Waals surface area contributed by atoms with Crippen molar-refractivity contribution in [3.63, 3.8) is 0 Å². The number of oxime groups is 1. The van der Waals surface area contributed by atoms with Crippen molar-refractivity contribution in [3.8, 4) is 0 Å². The van der Waals surface area contributed by atoms with Gasteiger partial charge in [0.2, 0.25) is 29.1 Å². The average Bonchev–Trinajstić information content (AvgIpc) is 3.32. The standard InChI is InChI=1S/C19H25N11O5S3/c1-3-35-27-8(12-26-17(23)38-28-12)13(31)24-9-14(32)30-4-19(16(33)34,5-36-15(9)30)6-37-18-25-10(21)7(20)11(22)29(18)2/h9,15H,3-6H2,1-2H3,(H9,20,21,22,23,24,26,27,28,31,33,34)/t9?,15-,19?/m1/s1. The predicted molar refractivity (Wildman–Crippen MR) is 139 cm³/mol. The normalized spacial score (nSPS) is 22.9. The van der Waals surface area contributed by atoms with E-state index in [-0.39, 0.29) is 58.6 Å². The van der Waals surface area contributed by atoms with E-state index in [1.807, 2.05) is 0 Å². The average molecular weight is 584 g/mol. The van der Waals surface area contributed by atoms with Gasteiger partial charge >= 0.3 is 5.16 Å². The molecule has 2 saturated heterocycles. The molecule has 0 radical (unpaired) electrons. The Morgan fingerprint density at radius 1 is 1.34 bits per heavy atom. The van der Waals surface area contributed by atoms with Crippen LogP contribution in [0.25, 0.3) is 0 Å². The van der Waals surface area contributed by atoms with Crippen molar-refractivity contribution in [2.24, 2.45) is 17.6 Å². The Morgan fingerprint density at radius 3 is 2.71 bits per heavy atom. The molecule has 0 bridgehead atoms. The molecule has 19 heteroatoms. The van der Waals surface area contributed by atoms with Gasteiger partial charge in [0.05, 0.1) is 13.0 Å². The Kier molecular flexibility index (Phi) is 7.70. The monoisotopic (exact) mass is 583 g/mol. The van der Waals surface area contributed by atoms with E-state index in [0.717, 1.165) is 23.3 Å². The van der Waals surface area contributed by atoms with Gasteiger partial charge in [0.1, 0.15) is 18.0 Å². The molecule has 2 aliphatic rings. The van der Waals surface area contributed by atoms with Gasteiger partial charge in [-0.3, -0.25) is 9.59 Å². The van der Waals surface area contributed by atoms with Gasteiger partial charge < -0.3 is 47.9 Å². The van der Waals surface area contributed by atoms with E-state index in [0.29, 0.717) is 5.16 Å². The summed E-state index contributed by atoms with van der Waals surface area (Å²) < 4.78 is 5.48. The second-order valence-electron chi connectivity index (χ2n) is 8.43. The van der Waals surface area contributed by atoms with Crippen LogP contribution in [0.1, 0.15) is 12.7 Å². The van der Waals surface area contributed by atoms with Gasteiger partial charge in [-0.1, -0.05) is 21.9 Å². The second kappa shape index (κ2) is 10.7. The van der Waals surface area contributed by atoms with E-state index < -0.39 is 34.6 Å². The fraction of sp³-hybridized carbons (Fsp3) is 0.474. The summed E-state index contributed by atoms with van der Waals surface area (Å²) in [6, 6.07) is -0.904. The van der Waals surface area contributed by atoms with Crippen molar-refractivity contribution in [1.82, 2.24) is 24.6 Å². The van der Waals surface area contributed by atoms with E-state index in [1.54, 1.807) is 14.0 Å². The van der Waals surface area contributed by atoms with E-state index in [4.69, 9.17) is 27.8 Å². The lowest BCUT2D eigenvalue weighted by molar-refractivity contribution is -0.698. The van der Waals surface area contributed by atoms with Crippen LogP contribution in [0, 0.1) is 5.41 Å². The third kappa shape index (κ3) is 4.95. The van der Waals surface area contributed by atoms with Gasteiger partial charge in [-0.25, -0.2) is 4.57 Å². The Morgan fingerprint density at radius 2 is 2.08 bits per heavy atom. The minimum atomic E-state index is -1.39. The number of carboxylic acid groups (broad SMARTS) is 1. The first-order valence-corrected chi connectivity index (χ1v) is 13.9. The minimum absolute atomic E-state index is 0.0293. The van der Waals surface area contributed by atoms with Crippen molar-refractivity contribution in [2.75, 3.05) is 47.6 Å². The molecule has 0 spiro atoms. The molecular formula is C19H25N11O5S3. The van der Waals surface area contributed by atoms with Crippen LogP contribution in [-0.4, -0.2) is 78.8 Å². The van der Waals surface area contributed by atoms with Crippen molar-refractivity contribution >= 4 is 81.0 Å². The highest BCUT2D eigenvalue weighted by atomic mass is 32.2. The van der Waals surface area contributed by atoms with Crippen LogP contribution in [0.2, 0.25) is 0 Å². The maximum atomic E-state index is 13.0. The van der Waals surface area contributed by atoms with Gasteiger partial charge in [-0.2, -0.15) is 9.36 Å². The topological polar surface area (TPSA) is 258 Å². The van der Waals surface area contributed by atoms with E-state index in [1.165, 1.54) is 21.2 Å². The molecule has 4 heterocycles. The molecular weight excluding hydrogens is 558 g/mol. The van der Waals surface area contributed by atoms with Crippen molar-refractivity contribution in [1.29, 1.82) is 0 Å². The number of hydrogen-bond acceptors (Lipinski definition) is 16. The first-order chi connectivity index (χ1) is 18.0. The number of carboxylic acids is 1. The number of rotatable bonds is 9. The number of nitrogens with zero attached hydrogens (tertiary/aromatic N) is 6. The summed E-state index contributed by atoms with van der Waals surface area (Å²) in [5.41, 5.74) is 21.7. The van der Waals surface area contributed by atoms with Crippen LogP contribution >= 0.6 is 35.1 Å². The third-order valence-corrected chi connectivity index (χ3v) is 9.36. The minimum Gasteiger partial charge on any atom is -0.549 e. The van der Waals surface area contributed by atoms with Gasteiger partial charge in [-0.05, 0) is 6.92 Å². The number of carbonyl (C=O) groups is 3. The van der Waals surface area contributed by atoms with Crippen LogP contribution in [-0.2, 0) is 26.3 Å². The molecule has 2 fully saturated rings. The lowest BCUT2D eigenvalue weighted by Crippen LogP contribution is -2.75. The van der Waals surface area contributed by atoms with Crippen LogP contribution in [0.15, 0.2) is 10.3 Å². The van der Waals surface area contributed by atoms with E-state index >= 15 is 0 Å². The highest BCUT2D eigenvalue weighted by Crippen LogP contribution is 2.44. The summed E-state index contributed by atoms with van der Waals surface area (Å²) in [5.74, 6) is -2.14. The molecule has 2 unspecified atom stereocenters. The van der Waals surface area contributed by atoms with E-state index in [9.17, 15) is 19.5 Å². The summed E-state index contributed by atoms with van der Waals surface area (Å²) in [7, 11) is 1.63. The lowest BCUT2D eigenvalue weighted by Gasteiger charge is -2.55. The van der Waals surface area contributed by atoms with Crippen LogP contribution in [0.5, 0.6) is 0 Å². The van der Waals surface area contributed by atoms with Crippen molar-refractivity contribution in [2.45, 2.75) is 23.5 Å². The smallest absolute Gasteiger partial charge is 0.300 e. The summed E-state index contributed by atoms with van der Waals surface area (Å²) in [4.78, 5) is 52.7. The SMILES string of the molecule is CCON=C(C(=O)NC1C(=O)N2CC(CSc3nc(N)c(N)c(N)[n+]3C)(C(=O)[O-])CS[C@H]12)c1nsc(N)n1. The first kappa shape index (κ1) is 27.5. The Bertz CT molecular complexity index is 1320. The molecule has 16 nitrogen and oxygen atoms in total. The zero-order valence-electron chi connectivity index (χ0n) is 20.2. The maximum absolute atomic E-state index is 13.0. The van der Waals surface area contributed by atoms with Crippen LogP contribution < -0.4 is 37.9 Å². The summed E-state index contributed by atoms with van der Waals surface area (Å²) in [6.07, 6.45) is 0. The number of aromatic nitrogens is 4. The number of hydrogen-bond donors (Lipinski definition) is 5. The highest BCUT2D eigenvalue weighted by Gasteiger charge is 2.56. The number of carbonyl (C=O) groups excluding carboxylic acids is 3. The van der Waals surface area contributed by atoms with Crippen LogP contribution in [0.4, 0.5) is 22.5 Å². The first-order valence-electron chi connectivity index (χ1n) is 11.1. The van der Waals surface area contributed by atoms with Crippen molar-refractivity contribution in [3.05, 3.63) is 5.82 Å². The number of nitrogens with one attached hydrogen (secondary N) is 1. The summed E-state index contributed by atoms with van der Waals surface area (Å²) in [6.45, 7) is 1.76. The lowest BCUT2D eigenvalue weighted by atomic mass is 9.89. The molecule has 2 amide bonds. The number of nitrogen functional groups attached to an aromatic ring is 4. The number of aliphatic carboxylic acids is 1. The molecule has 2 aromatic heterocycles. The largest absolute Gasteiger partial charge is 0.549 e. The predicted octanol–water partition coefficient (Wildman–Crippen LogP) is -3.24. The Hall–Kier alpha value is -3.58. The summed E-state index contributed by atoms with van der Waals surface area (Å²) in [5, 5.41) is 18.7. The molecule has 4 rings (SSSR count). The number of amides is 2. The number of fused-ring (bicyclic) bond motifs is 1. The fourth-order valence-corrected chi connectivity index (χ4v) is 7.01. The molecule has 0 aromatic carbocycles. The number of nitrogens with two attached hydrogens (primary N) is 4. The Balaban J connectivity index is 1.45. The molecule has 2 aromatic rings. The molecule has 204 valence electrons. The van der Waals surface area contributed by atoms with Gasteiger partial charge in [0, 0.05) is 35.0 Å². The highest BCUT2D eigenvalue weighted by molar-refractivity contribution is 8.00. The van der Waals surface area contributed by atoms with Gasteiger partial charge in [0.25, 0.3) is 5.91 Å². The molecule has 3 atom stereocenters. The summed E-state index contributed by atoms with van der Waals surface area (Å²) >= 11 is 3.21. The second-order valence-corrected chi connectivity index (χ2v) is 11.3. The zero-order chi connectivity index (χ0) is 27.8. The van der Waals surface area contributed by atoms with Crippen LogP contribution in [0.3, 0.4) is 0 Å². The number of anilines is 4. The zero-order valence-corrected chi connectivity index (χ0v) is 22.7. The molecule has 0 aliphatic carbocycles. The quantitative estimate of drug-likeness (QED) is 0.0485.